The fourth-order valence-corrected chi connectivity index (χ4v) is 3.77. The number of nitrogens with zero attached hydrogens (tertiary/aromatic N) is 1. The second-order valence-electron chi connectivity index (χ2n) is 8.06. The second-order valence-corrected chi connectivity index (χ2v) is 8.06. The standard InChI is InChI=1S/C27H25N3O4/c31-25(27(33)34)16-22(15-18-11-13-20(14-12-18)19-7-3-1-4-8-19)28-26(32)24-17-23(29-30-24)21-9-5-2-6-10-21/h1-14,17,22,25,31H,15-16H2,(H,28,32)(H,29,30)(H,33,34)/t22?,25-/m1/s1. The van der Waals surface area contributed by atoms with Crippen LogP contribution in [0.2, 0.25) is 0 Å². The number of carbonyl (C=O) groups excluding carboxylic acids is 1. The molecule has 7 heteroatoms. The van der Waals surface area contributed by atoms with E-state index in [-0.39, 0.29) is 12.1 Å². The molecule has 0 bridgehead atoms. The van der Waals surface area contributed by atoms with Crippen molar-refractivity contribution in [1.82, 2.24) is 15.5 Å². The lowest BCUT2D eigenvalue weighted by atomic mass is 9.97. The van der Waals surface area contributed by atoms with Crippen LogP contribution in [0.5, 0.6) is 0 Å². The molecule has 7 nitrogen and oxygen atoms in total. The van der Waals surface area contributed by atoms with E-state index in [9.17, 15) is 14.7 Å². The number of hydrogen-bond donors (Lipinski definition) is 4. The van der Waals surface area contributed by atoms with E-state index in [1.165, 1.54) is 0 Å². The summed E-state index contributed by atoms with van der Waals surface area (Å²) in [5.74, 6) is -1.75. The molecule has 0 spiro atoms. The molecule has 4 aromatic rings. The average Bonchev–Trinajstić information content (AvgIpc) is 3.36. The highest BCUT2D eigenvalue weighted by Crippen LogP contribution is 2.21. The molecule has 3 aromatic carbocycles. The van der Waals surface area contributed by atoms with Gasteiger partial charge in [-0.05, 0) is 29.2 Å². The topological polar surface area (TPSA) is 115 Å². The van der Waals surface area contributed by atoms with Crippen LogP contribution in [-0.2, 0) is 11.2 Å². The number of amides is 1. The minimum absolute atomic E-state index is 0.124. The molecular formula is C27H25N3O4. The molecule has 34 heavy (non-hydrogen) atoms. The number of aliphatic hydroxyl groups is 1. The third-order valence-electron chi connectivity index (χ3n) is 5.56. The Bertz CT molecular complexity index is 1240. The van der Waals surface area contributed by atoms with Crippen molar-refractivity contribution in [2.24, 2.45) is 0 Å². The van der Waals surface area contributed by atoms with E-state index >= 15 is 0 Å². The van der Waals surface area contributed by atoms with Crippen molar-refractivity contribution < 1.29 is 19.8 Å². The van der Waals surface area contributed by atoms with Gasteiger partial charge < -0.3 is 15.5 Å². The zero-order valence-corrected chi connectivity index (χ0v) is 18.4. The first-order chi connectivity index (χ1) is 16.5. The van der Waals surface area contributed by atoms with E-state index < -0.39 is 24.0 Å². The fraction of sp³-hybridized carbons (Fsp3) is 0.148. The third kappa shape index (κ3) is 5.76. The molecule has 1 heterocycles. The Balaban J connectivity index is 1.48. The first kappa shape index (κ1) is 22.9. The lowest BCUT2D eigenvalue weighted by molar-refractivity contribution is -0.147. The molecule has 0 fully saturated rings. The third-order valence-corrected chi connectivity index (χ3v) is 5.56. The summed E-state index contributed by atoms with van der Waals surface area (Å²) >= 11 is 0. The van der Waals surface area contributed by atoms with Gasteiger partial charge in [0.15, 0.2) is 6.10 Å². The number of carboxylic acids is 1. The van der Waals surface area contributed by atoms with Gasteiger partial charge in [-0.15, -0.1) is 0 Å². The molecule has 1 aromatic heterocycles. The SMILES string of the molecule is O=C(NC(Cc1ccc(-c2ccccc2)cc1)C[C@@H](O)C(=O)O)c1cc(-c2ccccc2)n[nH]1. The molecular weight excluding hydrogens is 430 g/mol. The highest BCUT2D eigenvalue weighted by Gasteiger charge is 2.23. The van der Waals surface area contributed by atoms with Crippen LogP contribution in [0.3, 0.4) is 0 Å². The zero-order chi connectivity index (χ0) is 23.9. The van der Waals surface area contributed by atoms with Crippen LogP contribution in [-0.4, -0.2) is 44.4 Å². The maximum Gasteiger partial charge on any atom is 0.332 e. The highest BCUT2D eigenvalue weighted by atomic mass is 16.4. The molecule has 1 amide bonds. The van der Waals surface area contributed by atoms with Crippen molar-refractivity contribution in [2.75, 3.05) is 0 Å². The Hall–Kier alpha value is -4.23. The van der Waals surface area contributed by atoms with E-state index in [1.807, 2.05) is 84.9 Å². The number of rotatable bonds is 9. The molecule has 172 valence electrons. The van der Waals surface area contributed by atoms with E-state index in [1.54, 1.807) is 6.07 Å². The Morgan fingerprint density at radius 2 is 1.44 bits per heavy atom. The summed E-state index contributed by atoms with van der Waals surface area (Å²) in [5, 5.41) is 28.9. The quantitative estimate of drug-likeness (QED) is 0.305. The number of hydrogen-bond acceptors (Lipinski definition) is 4. The Labute approximate surface area is 197 Å². The van der Waals surface area contributed by atoms with Crippen LogP contribution in [0.15, 0.2) is 91.0 Å². The highest BCUT2D eigenvalue weighted by molar-refractivity contribution is 5.93. The van der Waals surface area contributed by atoms with Crippen LogP contribution in [0.25, 0.3) is 22.4 Å². The van der Waals surface area contributed by atoms with Gasteiger partial charge in [-0.25, -0.2) is 4.79 Å². The van der Waals surface area contributed by atoms with Gasteiger partial charge in [0, 0.05) is 18.0 Å². The molecule has 0 aliphatic heterocycles. The minimum Gasteiger partial charge on any atom is -0.479 e. The summed E-state index contributed by atoms with van der Waals surface area (Å²) in [4.78, 5) is 24.1. The summed E-state index contributed by atoms with van der Waals surface area (Å²) in [6.07, 6.45) is -1.35. The van der Waals surface area contributed by atoms with Gasteiger partial charge in [0.2, 0.25) is 0 Å². The number of carbonyl (C=O) groups is 2. The molecule has 0 saturated carbocycles. The van der Waals surface area contributed by atoms with Crippen LogP contribution >= 0.6 is 0 Å². The van der Waals surface area contributed by atoms with Crippen molar-refractivity contribution >= 4 is 11.9 Å². The smallest absolute Gasteiger partial charge is 0.332 e. The van der Waals surface area contributed by atoms with Crippen LogP contribution in [0.1, 0.15) is 22.5 Å². The fourth-order valence-electron chi connectivity index (χ4n) is 3.77. The maximum atomic E-state index is 12.9. The first-order valence-corrected chi connectivity index (χ1v) is 11.0. The molecule has 4 N–H and O–H groups in total. The number of carboxylic acid groups (broad SMARTS) is 1. The lowest BCUT2D eigenvalue weighted by Crippen LogP contribution is -2.40. The molecule has 2 atom stereocenters. The summed E-state index contributed by atoms with van der Waals surface area (Å²) in [6.45, 7) is 0. The van der Waals surface area contributed by atoms with Crippen molar-refractivity contribution in [2.45, 2.75) is 25.0 Å². The number of benzene rings is 3. The predicted molar refractivity (Wildman–Crippen MR) is 129 cm³/mol. The van der Waals surface area contributed by atoms with Crippen LogP contribution < -0.4 is 5.32 Å². The number of H-pyrrole nitrogens is 1. The van der Waals surface area contributed by atoms with Gasteiger partial charge in [0.1, 0.15) is 5.69 Å². The van der Waals surface area contributed by atoms with E-state index in [0.29, 0.717) is 12.1 Å². The maximum absolute atomic E-state index is 12.9. The van der Waals surface area contributed by atoms with Crippen molar-refractivity contribution in [3.05, 3.63) is 102 Å². The van der Waals surface area contributed by atoms with E-state index in [2.05, 4.69) is 15.5 Å². The monoisotopic (exact) mass is 455 g/mol. The number of nitrogens with one attached hydrogen (secondary N) is 2. The molecule has 1 unspecified atom stereocenters. The Morgan fingerprint density at radius 1 is 0.853 bits per heavy atom. The molecule has 0 aliphatic rings. The van der Waals surface area contributed by atoms with Gasteiger partial charge in [-0.3, -0.25) is 9.89 Å². The minimum atomic E-state index is -1.59. The van der Waals surface area contributed by atoms with Crippen molar-refractivity contribution in [3.63, 3.8) is 0 Å². The van der Waals surface area contributed by atoms with Gasteiger partial charge in [0.25, 0.3) is 5.91 Å². The summed E-state index contributed by atoms with van der Waals surface area (Å²) < 4.78 is 0. The number of aliphatic carboxylic acids is 1. The van der Waals surface area contributed by atoms with Gasteiger partial charge >= 0.3 is 5.97 Å². The summed E-state index contributed by atoms with van der Waals surface area (Å²) in [6, 6.07) is 28.3. The van der Waals surface area contributed by atoms with Gasteiger partial charge in [-0.2, -0.15) is 5.10 Å². The van der Waals surface area contributed by atoms with Gasteiger partial charge in [0.05, 0.1) is 5.69 Å². The largest absolute Gasteiger partial charge is 0.479 e. The average molecular weight is 456 g/mol. The lowest BCUT2D eigenvalue weighted by Gasteiger charge is -2.20. The molecule has 0 radical (unpaired) electrons. The predicted octanol–water partition coefficient (Wildman–Crippen LogP) is 3.92. The van der Waals surface area contributed by atoms with Crippen LogP contribution in [0.4, 0.5) is 0 Å². The summed E-state index contributed by atoms with van der Waals surface area (Å²) in [5.41, 5.74) is 4.82. The summed E-state index contributed by atoms with van der Waals surface area (Å²) in [7, 11) is 0. The molecule has 0 aliphatic carbocycles. The Morgan fingerprint density at radius 3 is 2.06 bits per heavy atom. The number of aromatic amines is 1. The molecule has 0 saturated heterocycles. The van der Waals surface area contributed by atoms with Crippen LogP contribution in [0, 0.1) is 0 Å². The number of aromatic nitrogens is 2. The normalized spacial score (nSPS) is 12.6. The zero-order valence-electron chi connectivity index (χ0n) is 18.4. The van der Waals surface area contributed by atoms with Crippen molar-refractivity contribution in [3.8, 4) is 22.4 Å². The van der Waals surface area contributed by atoms with E-state index in [0.717, 1.165) is 22.3 Å². The number of aliphatic hydroxyl groups excluding tert-OH is 1. The second kappa shape index (κ2) is 10.6. The van der Waals surface area contributed by atoms with Gasteiger partial charge in [-0.1, -0.05) is 84.9 Å². The molecule has 4 rings (SSSR count). The Kier molecular flexibility index (Phi) is 7.15. The van der Waals surface area contributed by atoms with Crippen molar-refractivity contribution in [1.29, 1.82) is 0 Å². The first-order valence-electron chi connectivity index (χ1n) is 11.0. The van der Waals surface area contributed by atoms with E-state index in [4.69, 9.17) is 5.11 Å².